The fourth-order valence-electron chi connectivity index (χ4n) is 8.23. The summed E-state index contributed by atoms with van der Waals surface area (Å²) in [6, 6.07) is 0. The van der Waals surface area contributed by atoms with E-state index in [4.69, 9.17) is 28.0 Å². The van der Waals surface area contributed by atoms with E-state index in [1.54, 1.807) is 0 Å². The van der Waals surface area contributed by atoms with Crippen molar-refractivity contribution in [2.45, 2.75) is 261 Å². The number of hydrogen-bond donors (Lipinski definition) is 9. The Morgan fingerprint density at radius 3 is 1.49 bits per heavy atom. The summed E-state index contributed by atoms with van der Waals surface area (Å²) in [5.41, 5.74) is 0. The molecule has 1 aliphatic heterocycles. The van der Waals surface area contributed by atoms with E-state index in [1.807, 2.05) is 0 Å². The van der Waals surface area contributed by atoms with Crippen molar-refractivity contribution in [2.75, 3.05) is 19.8 Å². The molecule has 19 heteroatoms. The predicted molar refractivity (Wildman–Crippen MR) is 249 cm³/mol. The maximum Gasteiger partial charge on any atom is 0.472 e. The Morgan fingerprint density at radius 1 is 0.552 bits per heavy atom. The first-order valence-corrected chi connectivity index (χ1v) is 27.0. The first-order valence-electron chi connectivity index (χ1n) is 25.5. The van der Waals surface area contributed by atoms with Crippen molar-refractivity contribution in [1.29, 1.82) is 0 Å². The van der Waals surface area contributed by atoms with Crippen molar-refractivity contribution in [3.8, 4) is 0 Å². The van der Waals surface area contributed by atoms with E-state index in [0.717, 1.165) is 51.4 Å². The molecule has 13 unspecified atom stereocenters. The van der Waals surface area contributed by atoms with Crippen LogP contribution in [-0.2, 0) is 42.1 Å². The highest BCUT2D eigenvalue weighted by Crippen LogP contribution is 2.48. The summed E-state index contributed by atoms with van der Waals surface area (Å²) in [4.78, 5) is 36.5. The zero-order chi connectivity index (χ0) is 49.5. The molecule has 18 nitrogen and oxygen atoms in total. The van der Waals surface area contributed by atoms with Gasteiger partial charge in [0.1, 0.15) is 67.6 Å². The summed E-state index contributed by atoms with van der Waals surface area (Å²) < 4.78 is 45.4. The number of carbonyl (C=O) groups is 2. The van der Waals surface area contributed by atoms with E-state index in [0.29, 0.717) is 12.8 Å². The third-order valence-electron chi connectivity index (χ3n) is 12.5. The molecule has 2 fully saturated rings. The first kappa shape index (κ1) is 61.5. The quantitative estimate of drug-likeness (QED) is 0.0154. The van der Waals surface area contributed by atoms with Gasteiger partial charge in [-0.3, -0.25) is 18.6 Å². The number of aliphatic hydroxyl groups excluding tert-OH is 8. The molecule has 2 aliphatic rings. The zero-order valence-electron chi connectivity index (χ0n) is 40.4. The van der Waals surface area contributed by atoms with Crippen molar-refractivity contribution in [3.63, 3.8) is 0 Å². The monoisotopic (exact) mass is 985 g/mol. The second-order valence-electron chi connectivity index (χ2n) is 18.4. The van der Waals surface area contributed by atoms with Crippen molar-refractivity contribution in [3.05, 3.63) is 12.2 Å². The third-order valence-corrected chi connectivity index (χ3v) is 13.5. The fourth-order valence-corrected chi connectivity index (χ4v) is 9.20. The maximum absolute atomic E-state index is 13.4. The lowest BCUT2D eigenvalue weighted by atomic mass is 9.84. The summed E-state index contributed by atoms with van der Waals surface area (Å²) in [6.45, 7) is 2.21. The molecule has 0 aromatic carbocycles. The molecule has 1 aliphatic carbocycles. The summed E-state index contributed by atoms with van der Waals surface area (Å²) in [5, 5.41) is 82.9. The normalized spacial score (nSPS) is 28.1. The van der Waals surface area contributed by atoms with Crippen molar-refractivity contribution in [2.24, 2.45) is 0 Å². The van der Waals surface area contributed by atoms with Gasteiger partial charge in [0.25, 0.3) is 0 Å². The number of phosphoric acid groups is 1. The van der Waals surface area contributed by atoms with Crippen LogP contribution in [0.3, 0.4) is 0 Å². The minimum atomic E-state index is -5.37. The van der Waals surface area contributed by atoms with E-state index in [2.05, 4.69) is 26.0 Å². The van der Waals surface area contributed by atoms with Gasteiger partial charge in [-0.05, 0) is 38.5 Å². The number of phosphoric ester groups is 1. The second kappa shape index (κ2) is 36.3. The van der Waals surface area contributed by atoms with E-state index in [9.17, 15) is 59.9 Å². The average molecular weight is 985 g/mol. The summed E-state index contributed by atoms with van der Waals surface area (Å²) in [5.74, 6) is -1.23. The van der Waals surface area contributed by atoms with Crippen LogP contribution in [0.4, 0.5) is 0 Å². The van der Waals surface area contributed by atoms with Gasteiger partial charge < -0.3 is 64.7 Å². The minimum absolute atomic E-state index is 0.0157. The van der Waals surface area contributed by atoms with E-state index in [-0.39, 0.29) is 12.8 Å². The molecular formula is C48H89O18P. The van der Waals surface area contributed by atoms with Crippen LogP contribution < -0.4 is 0 Å². The van der Waals surface area contributed by atoms with Crippen molar-refractivity contribution in [1.82, 2.24) is 0 Å². The van der Waals surface area contributed by atoms with Gasteiger partial charge in [0, 0.05) is 12.8 Å². The topological polar surface area (TPSA) is 289 Å². The van der Waals surface area contributed by atoms with Gasteiger partial charge >= 0.3 is 19.8 Å². The SMILES string of the molecule is CCCCCCCCC/C=C\CCCCCC(=O)OC(COC(=O)CCCCCCCCCCCCCCC)COP(=O)(O)OC1C(O)C(O)C(O)C(O)C1OC1OC(CO)C(O)C(O)C1O. The molecular weight excluding hydrogens is 895 g/mol. The first-order chi connectivity index (χ1) is 32.2. The standard InChI is InChI=1S/C48H89O18P/c1-3-5-7-9-11-13-15-17-19-21-23-25-27-29-31-38(51)63-35(33-61-37(50)30-28-26-24-22-20-18-16-14-12-10-8-6-4-2)34-62-67(59,60)66-47-44(57)42(55)41(54)43(56)46(47)65-48-45(58)40(53)39(52)36(32-49)64-48/h19,21,35-36,39-49,52-58H,3-18,20,22-34H2,1-2H3,(H,59,60)/b21-19-. The molecule has 1 saturated heterocycles. The van der Waals surface area contributed by atoms with Crippen LogP contribution in [0.5, 0.6) is 0 Å². The number of rotatable bonds is 39. The molecule has 0 aromatic heterocycles. The van der Waals surface area contributed by atoms with Crippen molar-refractivity contribution >= 4 is 19.8 Å². The van der Waals surface area contributed by atoms with Crippen LogP contribution in [0.25, 0.3) is 0 Å². The zero-order valence-corrected chi connectivity index (χ0v) is 41.3. The van der Waals surface area contributed by atoms with Crippen LogP contribution in [0, 0.1) is 0 Å². The van der Waals surface area contributed by atoms with Crippen molar-refractivity contribution < 1.29 is 87.9 Å². The number of hydrogen-bond acceptors (Lipinski definition) is 17. The molecule has 67 heavy (non-hydrogen) atoms. The molecule has 9 N–H and O–H groups in total. The summed E-state index contributed by atoms with van der Waals surface area (Å²) in [7, 11) is -5.37. The van der Waals surface area contributed by atoms with E-state index >= 15 is 0 Å². The molecule has 1 heterocycles. The molecule has 0 radical (unpaired) electrons. The largest absolute Gasteiger partial charge is 0.472 e. The van der Waals surface area contributed by atoms with Crippen LogP contribution in [-0.4, -0.2) is 151 Å². The third kappa shape index (κ3) is 25.4. The number of allylic oxidation sites excluding steroid dienone is 2. The molecule has 394 valence electrons. The van der Waals surface area contributed by atoms with Crippen LogP contribution >= 0.6 is 7.82 Å². The highest BCUT2D eigenvalue weighted by molar-refractivity contribution is 7.47. The molecule has 0 amide bonds. The van der Waals surface area contributed by atoms with Gasteiger partial charge in [-0.2, -0.15) is 0 Å². The number of aliphatic hydroxyl groups is 8. The second-order valence-corrected chi connectivity index (χ2v) is 19.8. The molecule has 0 aromatic rings. The average Bonchev–Trinajstić information content (AvgIpc) is 3.31. The molecule has 13 atom stereocenters. The Kier molecular flexibility index (Phi) is 33.4. The van der Waals surface area contributed by atoms with Gasteiger partial charge in [-0.15, -0.1) is 0 Å². The Hall–Kier alpha value is -1.61. The fraction of sp³-hybridized carbons (Fsp3) is 0.917. The van der Waals surface area contributed by atoms with Gasteiger partial charge in [-0.25, -0.2) is 4.57 Å². The van der Waals surface area contributed by atoms with E-state index < -0.39 is 113 Å². The molecule has 0 spiro atoms. The van der Waals surface area contributed by atoms with Gasteiger partial charge in [0.05, 0.1) is 13.2 Å². The van der Waals surface area contributed by atoms with Gasteiger partial charge in [0.15, 0.2) is 12.4 Å². The lowest BCUT2D eigenvalue weighted by Gasteiger charge is -2.47. The van der Waals surface area contributed by atoms with Crippen LogP contribution in [0.15, 0.2) is 12.2 Å². The predicted octanol–water partition coefficient (Wildman–Crippen LogP) is 5.71. The number of ether oxygens (including phenoxy) is 4. The highest BCUT2D eigenvalue weighted by atomic mass is 31.2. The summed E-state index contributed by atoms with van der Waals surface area (Å²) in [6.07, 6.45) is 8.70. The molecule has 2 rings (SSSR count). The Bertz CT molecular complexity index is 1360. The minimum Gasteiger partial charge on any atom is -0.462 e. The Labute approximate surface area is 399 Å². The Morgan fingerprint density at radius 2 is 0.985 bits per heavy atom. The van der Waals surface area contributed by atoms with Crippen LogP contribution in [0.1, 0.15) is 187 Å². The lowest BCUT2D eigenvalue weighted by molar-refractivity contribution is -0.338. The lowest BCUT2D eigenvalue weighted by Crippen LogP contribution is -2.67. The smallest absolute Gasteiger partial charge is 0.462 e. The number of carbonyl (C=O) groups excluding carboxylic acids is 2. The highest BCUT2D eigenvalue weighted by Gasteiger charge is 2.55. The Balaban J connectivity index is 1.96. The maximum atomic E-state index is 13.4. The number of unbranched alkanes of at least 4 members (excludes halogenated alkanes) is 22. The van der Waals surface area contributed by atoms with Crippen LogP contribution in [0.2, 0.25) is 0 Å². The van der Waals surface area contributed by atoms with Gasteiger partial charge in [0.2, 0.25) is 0 Å². The molecule has 1 saturated carbocycles. The molecule has 0 bridgehead atoms. The number of esters is 2. The van der Waals surface area contributed by atoms with E-state index in [1.165, 1.54) is 96.3 Å². The van der Waals surface area contributed by atoms with Gasteiger partial charge in [-0.1, -0.05) is 148 Å². The summed E-state index contributed by atoms with van der Waals surface area (Å²) >= 11 is 0.